The second-order valence-corrected chi connectivity index (χ2v) is 6.13. The van der Waals surface area contributed by atoms with Gasteiger partial charge in [-0.2, -0.15) is 0 Å². The molecule has 0 spiro atoms. The Morgan fingerprint density at radius 1 is 0.905 bits per heavy atom. The van der Waals surface area contributed by atoms with E-state index in [0.717, 1.165) is 25.9 Å². The zero-order valence-electron chi connectivity index (χ0n) is 12.3. The Balaban J connectivity index is 2.06. The van der Waals surface area contributed by atoms with Crippen LogP contribution in [0.5, 0.6) is 0 Å². The lowest BCUT2D eigenvalue weighted by atomic mass is 9.92. The smallest absolute Gasteiger partial charge is 0.0595 e. The molecule has 0 saturated heterocycles. The van der Waals surface area contributed by atoms with Crippen molar-refractivity contribution in [3.8, 4) is 0 Å². The monoisotopic (exact) mass is 321 g/mol. The molecule has 0 saturated carbocycles. The van der Waals surface area contributed by atoms with Gasteiger partial charge in [-0.15, -0.1) is 0 Å². The molecular formula is C18H21Cl2N. The molecule has 0 aliphatic rings. The summed E-state index contributed by atoms with van der Waals surface area (Å²) in [5.74, 6) is 0.546. The predicted molar refractivity (Wildman–Crippen MR) is 92.3 cm³/mol. The van der Waals surface area contributed by atoms with Crippen molar-refractivity contribution in [3.63, 3.8) is 0 Å². The van der Waals surface area contributed by atoms with Gasteiger partial charge in [-0.1, -0.05) is 66.5 Å². The van der Waals surface area contributed by atoms with Crippen LogP contribution < -0.4 is 5.32 Å². The molecule has 2 rings (SSSR count). The summed E-state index contributed by atoms with van der Waals surface area (Å²) in [7, 11) is 0. The maximum absolute atomic E-state index is 6.11. The molecule has 0 amide bonds. The third-order valence-corrected chi connectivity index (χ3v) is 4.30. The van der Waals surface area contributed by atoms with E-state index in [9.17, 15) is 0 Å². The number of hydrogen-bond acceptors (Lipinski definition) is 1. The molecule has 2 aromatic carbocycles. The Kier molecular flexibility index (Phi) is 6.56. The van der Waals surface area contributed by atoms with Crippen LogP contribution in [0, 0.1) is 5.92 Å². The van der Waals surface area contributed by atoms with Crippen molar-refractivity contribution in [1.29, 1.82) is 0 Å². The lowest BCUT2D eigenvalue weighted by Crippen LogP contribution is -2.25. The lowest BCUT2D eigenvalue weighted by molar-refractivity contribution is 0.478. The molecule has 0 aliphatic carbocycles. The first-order chi connectivity index (χ1) is 10.2. The summed E-state index contributed by atoms with van der Waals surface area (Å²) >= 11 is 12.1. The Morgan fingerprint density at radius 3 is 2.29 bits per heavy atom. The van der Waals surface area contributed by atoms with Gasteiger partial charge in [-0.25, -0.2) is 0 Å². The molecule has 1 N–H and O–H groups in total. The van der Waals surface area contributed by atoms with E-state index >= 15 is 0 Å². The van der Waals surface area contributed by atoms with Crippen LogP contribution in [-0.2, 0) is 12.8 Å². The molecule has 0 radical (unpaired) electrons. The number of nitrogens with one attached hydrogen (secondary N) is 1. The fourth-order valence-electron chi connectivity index (χ4n) is 2.51. The summed E-state index contributed by atoms with van der Waals surface area (Å²) < 4.78 is 0. The van der Waals surface area contributed by atoms with Crippen LogP contribution >= 0.6 is 23.2 Å². The van der Waals surface area contributed by atoms with Gasteiger partial charge >= 0.3 is 0 Å². The summed E-state index contributed by atoms with van der Waals surface area (Å²) in [5.41, 5.74) is 2.61. The molecule has 0 aromatic heterocycles. The maximum atomic E-state index is 6.11. The quantitative estimate of drug-likeness (QED) is 0.756. The van der Waals surface area contributed by atoms with E-state index in [1.807, 2.05) is 12.1 Å². The minimum absolute atomic E-state index is 0.546. The van der Waals surface area contributed by atoms with Crippen molar-refractivity contribution in [1.82, 2.24) is 5.32 Å². The summed E-state index contributed by atoms with van der Waals surface area (Å²) in [6.07, 6.45) is 2.06. The van der Waals surface area contributed by atoms with Crippen LogP contribution in [0.15, 0.2) is 48.5 Å². The molecule has 0 heterocycles. The molecule has 112 valence electrons. The molecule has 0 bridgehead atoms. The van der Waals surface area contributed by atoms with Gasteiger partial charge in [-0.05, 0) is 55.1 Å². The molecule has 2 aromatic rings. The Labute approximate surface area is 137 Å². The van der Waals surface area contributed by atoms with E-state index in [1.165, 1.54) is 11.1 Å². The fraction of sp³-hybridized carbons (Fsp3) is 0.333. The van der Waals surface area contributed by atoms with Crippen molar-refractivity contribution >= 4 is 23.2 Å². The summed E-state index contributed by atoms with van der Waals surface area (Å²) in [4.78, 5) is 0. The molecule has 1 nitrogen and oxygen atoms in total. The molecule has 1 unspecified atom stereocenters. The molecule has 1 atom stereocenters. The summed E-state index contributed by atoms with van der Waals surface area (Å²) in [6, 6.07) is 16.6. The zero-order chi connectivity index (χ0) is 15.1. The second kappa shape index (κ2) is 8.43. The normalized spacial score (nSPS) is 12.3. The van der Waals surface area contributed by atoms with Crippen molar-refractivity contribution in [2.75, 3.05) is 13.1 Å². The SMILES string of the molecule is CCNCC(Cc1ccccc1)Cc1ccc(Cl)c(Cl)c1. The van der Waals surface area contributed by atoms with Gasteiger partial charge in [0, 0.05) is 0 Å². The number of hydrogen-bond donors (Lipinski definition) is 1. The first-order valence-electron chi connectivity index (χ1n) is 7.37. The first kappa shape index (κ1) is 16.4. The number of benzene rings is 2. The zero-order valence-corrected chi connectivity index (χ0v) is 13.8. The number of halogens is 2. The van der Waals surface area contributed by atoms with Crippen molar-refractivity contribution in [2.24, 2.45) is 5.92 Å². The van der Waals surface area contributed by atoms with E-state index < -0.39 is 0 Å². The summed E-state index contributed by atoms with van der Waals surface area (Å²) in [6.45, 7) is 4.14. The average Bonchev–Trinajstić information content (AvgIpc) is 2.49. The van der Waals surface area contributed by atoms with Crippen LogP contribution in [0.3, 0.4) is 0 Å². The molecule has 0 aliphatic heterocycles. The van der Waals surface area contributed by atoms with Crippen molar-refractivity contribution in [3.05, 3.63) is 69.7 Å². The van der Waals surface area contributed by atoms with E-state index in [-0.39, 0.29) is 0 Å². The third kappa shape index (κ3) is 5.35. The molecule has 3 heteroatoms. The van der Waals surface area contributed by atoms with Crippen LogP contribution in [0.4, 0.5) is 0 Å². The van der Waals surface area contributed by atoms with Gasteiger partial charge in [0.1, 0.15) is 0 Å². The molecule has 0 fully saturated rings. The topological polar surface area (TPSA) is 12.0 Å². The highest BCUT2D eigenvalue weighted by Gasteiger charge is 2.11. The van der Waals surface area contributed by atoms with Gasteiger partial charge in [0.2, 0.25) is 0 Å². The summed E-state index contributed by atoms with van der Waals surface area (Å²) in [5, 5.41) is 4.71. The largest absolute Gasteiger partial charge is 0.317 e. The van der Waals surface area contributed by atoms with E-state index in [1.54, 1.807) is 0 Å². The van der Waals surface area contributed by atoms with Crippen molar-refractivity contribution in [2.45, 2.75) is 19.8 Å². The Hall–Kier alpha value is -1.02. The van der Waals surface area contributed by atoms with Crippen LogP contribution in [-0.4, -0.2) is 13.1 Å². The van der Waals surface area contributed by atoms with Crippen LogP contribution in [0.1, 0.15) is 18.1 Å². The second-order valence-electron chi connectivity index (χ2n) is 5.32. The highest BCUT2D eigenvalue weighted by atomic mass is 35.5. The highest BCUT2D eigenvalue weighted by molar-refractivity contribution is 6.42. The number of rotatable bonds is 7. The van der Waals surface area contributed by atoms with Crippen LogP contribution in [0.25, 0.3) is 0 Å². The molecule has 21 heavy (non-hydrogen) atoms. The standard InChI is InChI=1S/C18H21Cl2N/c1-2-21-13-16(10-14-6-4-3-5-7-14)11-15-8-9-17(19)18(20)12-15/h3-9,12,16,21H,2,10-11,13H2,1H3. The van der Waals surface area contributed by atoms with E-state index in [0.29, 0.717) is 16.0 Å². The highest BCUT2D eigenvalue weighted by Crippen LogP contribution is 2.24. The van der Waals surface area contributed by atoms with E-state index in [2.05, 4.69) is 48.6 Å². The van der Waals surface area contributed by atoms with Gasteiger partial charge in [0.15, 0.2) is 0 Å². The Bertz CT molecular complexity index is 554. The lowest BCUT2D eigenvalue weighted by Gasteiger charge is -2.18. The Morgan fingerprint density at radius 2 is 1.62 bits per heavy atom. The maximum Gasteiger partial charge on any atom is 0.0595 e. The third-order valence-electron chi connectivity index (χ3n) is 3.56. The first-order valence-corrected chi connectivity index (χ1v) is 8.13. The van der Waals surface area contributed by atoms with Gasteiger partial charge in [0.05, 0.1) is 10.0 Å². The average molecular weight is 322 g/mol. The fourth-order valence-corrected chi connectivity index (χ4v) is 2.83. The van der Waals surface area contributed by atoms with Gasteiger partial charge < -0.3 is 5.32 Å². The van der Waals surface area contributed by atoms with Crippen molar-refractivity contribution < 1.29 is 0 Å². The minimum atomic E-state index is 0.546. The molecular weight excluding hydrogens is 301 g/mol. The minimum Gasteiger partial charge on any atom is -0.317 e. The van der Waals surface area contributed by atoms with Crippen LogP contribution in [0.2, 0.25) is 10.0 Å². The van der Waals surface area contributed by atoms with Gasteiger partial charge in [0.25, 0.3) is 0 Å². The van der Waals surface area contributed by atoms with Gasteiger partial charge in [-0.3, -0.25) is 0 Å². The van der Waals surface area contributed by atoms with E-state index in [4.69, 9.17) is 23.2 Å². The predicted octanol–water partition coefficient (Wildman–Crippen LogP) is 5.00.